The molecule has 0 amide bonds. The molecule has 2 rings (SSSR count). The van der Waals surface area contributed by atoms with Crippen molar-refractivity contribution in [2.75, 3.05) is 19.5 Å². The Hall–Kier alpha value is -1.68. The van der Waals surface area contributed by atoms with Crippen molar-refractivity contribution in [1.29, 1.82) is 0 Å². The molecule has 0 unspecified atom stereocenters. The topological polar surface area (TPSA) is 30.5 Å². The van der Waals surface area contributed by atoms with Crippen LogP contribution in [0.5, 0.6) is 11.5 Å². The fourth-order valence-electron chi connectivity index (χ4n) is 2.03. The predicted molar refractivity (Wildman–Crippen MR) is 85.8 cm³/mol. The highest BCUT2D eigenvalue weighted by molar-refractivity contribution is 9.10. The van der Waals surface area contributed by atoms with Gasteiger partial charge in [-0.25, -0.2) is 0 Å². The fraction of sp³-hybridized carbons (Fsp3) is 0.250. The highest BCUT2D eigenvalue weighted by Gasteiger charge is 2.04. The van der Waals surface area contributed by atoms with E-state index in [0.29, 0.717) is 6.54 Å². The minimum Gasteiger partial charge on any atom is -0.497 e. The normalized spacial score (nSPS) is 10.2. The Balaban J connectivity index is 2.16. The molecule has 0 aromatic heterocycles. The van der Waals surface area contributed by atoms with E-state index in [4.69, 9.17) is 9.47 Å². The summed E-state index contributed by atoms with van der Waals surface area (Å²) >= 11 is 3.48. The number of benzene rings is 2. The molecule has 20 heavy (non-hydrogen) atoms. The third-order valence-corrected chi connectivity index (χ3v) is 3.48. The van der Waals surface area contributed by atoms with Gasteiger partial charge >= 0.3 is 0 Å². The lowest BCUT2D eigenvalue weighted by molar-refractivity contribution is 0.410. The maximum atomic E-state index is 5.38. The molecule has 0 saturated heterocycles. The largest absolute Gasteiger partial charge is 0.497 e. The van der Waals surface area contributed by atoms with Crippen molar-refractivity contribution >= 4 is 21.6 Å². The Morgan fingerprint density at radius 3 is 2.55 bits per heavy atom. The zero-order valence-electron chi connectivity index (χ0n) is 11.9. The van der Waals surface area contributed by atoms with E-state index in [-0.39, 0.29) is 0 Å². The molecular weight excluding hydrogens is 318 g/mol. The average Bonchev–Trinajstić information content (AvgIpc) is 2.44. The van der Waals surface area contributed by atoms with Crippen molar-refractivity contribution in [2.45, 2.75) is 13.5 Å². The van der Waals surface area contributed by atoms with E-state index in [0.717, 1.165) is 27.2 Å². The first-order valence-corrected chi connectivity index (χ1v) is 7.13. The van der Waals surface area contributed by atoms with Gasteiger partial charge < -0.3 is 14.8 Å². The molecule has 106 valence electrons. The highest BCUT2D eigenvalue weighted by Crippen LogP contribution is 2.26. The first-order valence-electron chi connectivity index (χ1n) is 6.34. The first-order chi connectivity index (χ1) is 9.62. The molecule has 1 N–H and O–H groups in total. The minimum atomic E-state index is 0.699. The average molecular weight is 336 g/mol. The molecule has 0 aliphatic heterocycles. The fourth-order valence-corrected chi connectivity index (χ4v) is 2.50. The van der Waals surface area contributed by atoms with E-state index in [2.05, 4.69) is 34.2 Å². The molecular formula is C16H18BrNO2. The molecule has 0 fully saturated rings. The van der Waals surface area contributed by atoms with E-state index >= 15 is 0 Å². The van der Waals surface area contributed by atoms with Crippen LogP contribution < -0.4 is 14.8 Å². The Kier molecular flexibility index (Phi) is 4.90. The van der Waals surface area contributed by atoms with Gasteiger partial charge in [0.1, 0.15) is 11.5 Å². The first kappa shape index (κ1) is 14.7. The quantitative estimate of drug-likeness (QED) is 0.879. The molecule has 0 aliphatic rings. The molecule has 2 aromatic carbocycles. The second-order valence-electron chi connectivity index (χ2n) is 4.55. The van der Waals surface area contributed by atoms with Gasteiger partial charge in [-0.15, -0.1) is 0 Å². The van der Waals surface area contributed by atoms with Crippen LogP contribution in [0, 0.1) is 6.92 Å². The Morgan fingerprint density at radius 1 is 1.05 bits per heavy atom. The molecule has 2 aromatic rings. The van der Waals surface area contributed by atoms with Crippen LogP contribution >= 0.6 is 15.9 Å². The maximum Gasteiger partial charge on any atom is 0.123 e. The van der Waals surface area contributed by atoms with E-state index in [1.165, 1.54) is 5.56 Å². The van der Waals surface area contributed by atoms with E-state index in [9.17, 15) is 0 Å². The van der Waals surface area contributed by atoms with Gasteiger partial charge in [0.2, 0.25) is 0 Å². The van der Waals surface area contributed by atoms with Crippen LogP contribution in [0.3, 0.4) is 0 Å². The molecule has 0 spiro atoms. The van der Waals surface area contributed by atoms with Crippen molar-refractivity contribution in [3.05, 3.63) is 52.0 Å². The summed E-state index contributed by atoms with van der Waals surface area (Å²) in [6.45, 7) is 2.77. The molecule has 4 heteroatoms. The van der Waals surface area contributed by atoms with E-state index < -0.39 is 0 Å². The Labute approximate surface area is 128 Å². The summed E-state index contributed by atoms with van der Waals surface area (Å²) in [5.41, 5.74) is 3.35. The summed E-state index contributed by atoms with van der Waals surface area (Å²) < 4.78 is 11.6. The van der Waals surface area contributed by atoms with Crippen LogP contribution in [0.15, 0.2) is 40.9 Å². The summed E-state index contributed by atoms with van der Waals surface area (Å²) in [5.74, 6) is 1.71. The number of methoxy groups -OCH3 is 2. The number of nitrogens with one attached hydrogen (secondary N) is 1. The number of halogens is 1. The predicted octanol–water partition coefficient (Wildman–Crippen LogP) is 4.39. The van der Waals surface area contributed by atoms with Gasteiger partial charge in [0.15, 0.2) is 0 Å². The number of hydrogen-bond donors (Lipinski definition) is 1. The number of rotatable bonds is 5. The lowest BCUT2D eigenvalue weighted by Gasteiger charge is -2.12. The number of aryl methyl sites for hydroxylation is 1. The van der Waals surface area contributed by atoms with Crippen LogP contribution in [0.1, 0.15) is 11.1 Å². The molecule has 0 heterocycles. The summed E-state index contributed by atoms with van der Waals surface area (Å²) in [4.78, 5) is 0. The van der Waals surface area contributed by atoms with Gasteiger partial charge in [0, 0.05) is 28.3 Å². The molecule has 0 aliphatic carbocycles. The van der Waals surface area contributed by atoms with Crippen molar-refractivity contribution in [1.82, 2.24) is 0 Å². The van der Waals surface area contributed by atoms with Gasteiger partial charge in [0.25, 0.3) is 0 Å². The monoisotopic (exact) mass is 335 g/mol. The van der Waals surface area contributed by atoms with E-state index in [1.54, 1.807) is 14.2 Å². The second-order valence-corrected chi connectivity index (χ2v) is 5.46. The van der Waals surface area contributed by atoms with Gasteiger partial charge in [-0.1, -0.05) is 33.6 Å². The Bertz CT molecular complexity index is 599. The molecule has 0 radical (unpaired) electrons. The second kappa shape index (κ2) is 6.66. The minimum absolute atomic E-state index is 0.699. The van der Waals surface area contributed by atoms with Gasteiger partial charge in [0.05, 0.1) is 14.2 Å². The zero-order valence-corrected chi connectivity index (χ0v) is 13.5. The van der Waals surface area contributed by atoms with Crippen molar-refractivity contribution < 1.29 is 9.47 Å². The summed E-state index contributed by atoms with van der Waals surface area (Å²) in [6.07, 6.45) is 0. The lowest BCUT2D eigenvalue weighted by atomic mass is 10.1. The summed E-state index contributed by atoms with van der Waals surface area (Å²) in [5, 5.41) is 3.39. The van der Waals surface area contributed by atoms with Crippen LogP contribution in [-0.2, 0) is 6.54 Å². The van der Waals surface area contributed by atoms with Crippen molar-refractivity contribution in [3.8, 4) is 11.5 Å². The molecule has 0 bridgehead atoms. The number of hydrogen-bond acceptors (Lipinski definition) is 3. The Morgan fingerprint density at radius 2 is 1.85 bits per heavy atom. The van der Waals surface area contributed by atoms with Crippen molar-refractivity contribution in [3.63, 3.8) is 0 Å². The molecule has 3 nitrogen and oxygen atoms in total. The molecule has 0 saturated carbocycles. The maximum absolute atomic E-state index is 5.38. The highest BCUT2D eigenvalue weighted by atomic mass is 79.9. The van der Waals surface area contributed by atoms with E-state index in [1.807, 2.05) is 30.3 Å². The standard InChI is InChI=1S/C16H18BrNO2/c1-11-4-5-16(20-3)12(6-11)10-18-14-7-13(17)8-15(9-14)19-2/h4-9,18H,10H2,1-3H3. The van der Waals surface area contributed by atoms with Crippen LogP contribution in [0.2, 0.25) is 0 Å². The van der Waals surface area contributed by atoms with Crippen LogP contribution in [0.4, 0.5) is 5.69 Å². The lowest BCUT2D eigenvalue weighted by Crippen LogP contribution is -2.02. The third-order valence-electron chi connectivity index (χ3n) is 3.03. The third kappa shape index (κ3) is 3.67. The van der Waals surface area contributed by atoms with Crippen molar-refractivity contribution in [2.24, 2.45) is 0 Å². The zero-order chi connectivity index (χ0) is 14.5. The molecule has 0 atom stereocenters. The van der Waals surface area contributed by atoms with Gasteiger partial charge in [-0.2, -0.15) is 0 Å². The van der Waals surface area contributed by atoms with Crippen LogP contribution in [0.25, 0.3) is 0 Å². The van der Waals surface area contributed by atoms with Gasteiger partial charge in [-0.05, 0) is 25.1 Å². The van der Waals surface area contributed by atoms with Gasteiger partial charge in [-0.3, -0.25) is 0 Å². The summed E-state index contributed by atoms with van der Waals surface area (Å²) in [7, 11) is 3.35. The van der Waals surface area contributed by atoms with Crippen LogP contribution in [-0.4, -0.2) is 14.2 Å². The summed E-state index contributed by atoms with van der Waals surface area (Å²) in [6, 6.07) is 12.1. The SMILES string of the molecule is COc1cc(Br)cc(NCc2cc(C)ccc2OC)c1. The smallest absolute Gasteiger partial charge is 0.123 e. The number of ether oxygens (including phenoxy) is 2. The number of anilines is 1.